The molecular weight excluding hydrogens is 331 g/mol. The van der Waals surface area contributed by atoms with Gasteiger partial charge in [0.15, 0.2) is 0 Å². The Morgan fingerprint density at radius 1 is 1.38 bits per heavy atom. The summed E-state index contributed by atoms with van der Waals surface area (Å²) in [7, 11) is -1.60. The standard InChI is InChI=1S/C19H29BN2O4/c1-12(2)9-17(20(24)25)21-18(23)16-11-15(22-26-16)13-7-6-8-14(10-13)19(3,4)5/h6-8,10,12,16-17,24-25H,9,11H2,1-5H3,(H,21,23)/t16?,17-/m0/s1. The molecule has 1 aliphatic heterocycles. The lowest BCUT2D eigenvalue weighted by Crippen LogP contribution is -2.50. The minimum Gasteiger partial charge on any atom is -0.426 e. The highest BCUT2D eigenvalue weighted by molar-refractivity contribution is 6.43. The van der Waals surface area contributed by atoms with Crippen LogP contribution in [-0.4, -0.2) is 40.8 Å². The zero-order valence-corrected chi connectivity index (χ0v) is 16.2. The first-order valence-corrected chi connectivity index (χ1v) is 9.08. The fourth-order valence-electron chi connectivity index (χ4n) is 2.89. The van der Waals surface area contributed by atoms with Gasteiger partial charge in [-0.05, 0) is 34.9 Å². The molecule has 0 saturated carbocycles. The number of carbonyl (C=O) groups is 1. The van der Waals surface area contributed by atoms with Crippen molar-refractivity contribution < 1.29 is 19.7 Å². The highest BCUT2D eigenvalue weighted by Gasteiger charge is 2.33. The Morgan fingerprint density at radius 2 is 2.08 bits per heavy atom. The van der Waals surface area contributed by atoms with E-state index in [-0.39, 0.29) is 17.2 Å². The maximum Gasteiger partial charge on any atom is 0.475 e. The summed E-state index contributed by atoms with van der Waals surface area (Å²) in [5.74, 6) is -0.882. The van der Waals surface area contributed by atoms with Crippen molar-refractivity contribution in [3.8, 4) is 0 Å². The minimum atomic E-state index is -1.60. The van der Waals surface area contributed by atoms with Crippen molar-refractivity contribution in [1.29, 1.82) is 0 Å². The molecule has 26 heavy (non-hydrogen) atoms. The van der Waals surface area contributed by atoms with Gasteiger partial charge in [0.1, 0.15) is 0 Å². The first-order valence-electron chi connectivity index (χ1n) is 9.08. The molecule has 1 amide bonds. The first-order chi connectivity index (χ1) is 12.1. The Kier molecular flexibility index (Phi) is 6.47. The van der Waals surface area contributed by atoms with Gasteiger partial charge in [0.05, 0.1) is 11.7 Å². The maximum atomic E-state index is 12.4. The molecule has 6 nitrogen and oxygen atoms in total. The van der Waals surface area contributed by atoms with Crippen molar-refractivity contribution in [2.75, 3.05) is 0 Å². The van der Waals surface area contributed by atoms with E-state index in [9.17, 15) is 14.8 Å². The van der Waals surface area contributed by atoms with Crippen LogP contribution < -0.4 is 5.32 Å². The van der Waals surface area contributed by atoms with Crippen LogP contribution in [0.2, 0.25) is 0 Å². The third-order valence-electron chi connectivity index (χ3n) is 4.44. The van der Waals surface area contributed by atoms with E-state index in [1.165, 1.54) is 5.56 Å². The summed E-state index contributed by atoms with van der Waals surface area (Å²) in [6.45, 7) is 10.3. The van der Waals surface area contributed by atoms with Crippen LogP contribution in [0.3, 0.4) is 0 Å². The van der Waals surface area contributed by atoms with Crippen molar-refractivity contribution in [2.24, 2.45) is 11.1 Å². The van der Waals surface area contributed by atoms with Crippen molar-refractivity contribution in [3.63, 3.8) is 0 Å². The molecule has 2 atom stereocenters. The number of carbonyl (C=O) groups excluding carboxylic acids is 1. The quantitative estimate of drug-likeness (QED) is 0.677. The smallest absolute Gasteiger partial charge is 0.426 e. The fourth-order valence-corrected chi connectivity index (χ4v) is 2.89. The lowest BCUT2D eigenvalue weighted by molar-refractivity contribution is -0.131. The van der Waals surface area contributed by atoms with Crippen LogP contribution >= 0.6 is 0 Å². The van der Waals surface area contributed by atoms with Gasteiger partial charge in [-0.2, -0.15) is 0 Å². The third kappa shape index (κ3) is 5.32. The van der Waals surface area contributed by atoms with E-state index in [1.807, 2.05) is 26.0 Å². The number of hydrogen-bond acceptors (Lipinski definition) is 5. The summed E-state index contributed by atoms with van der Waals surface area (Å²) in [5.41, 5.74) is 2.87. The number of nitrogens with one attached hydrogen (secondary N) is 1. The van der Waals surface area contributed by atoms with Gasteiger partial charge in [-0.3, -0.25) is 4.79 Å². The molecule has 0 bridgehead atoms. The summed E-state index contributed by atoms with van der Waals surface area (Å²) in [6.07, 6.45) is 0.0732. The van der Waals surface area contributed by atoms with E-state index < -0.39 is 19.2 Å². The molecule has 1 unspecified atom stereocenters. The predicted octanol–water partition coefficient (Wildman–Crippen LogP) is 2.02. The Labute approximate surface area is 155 Å². The lowest BCUT2D eigenvalue weighted by Gasteiger charge is -2.21. The Hall–Kier alpha value is -1.86. The van der Waals surface area contributed by atoms with Gasteiger partial charge in [0.2, 0.25) is 6.10 Å². The van der Waals surface area contributed by atoms with Crippen LogP contribution in [0.15, 0.2) is 29.4 Å². The summed E-state index contributed by atoms with van der Waals surface area (Å²) < 4.78 is 0. The van der Waals surface area contributed by atoms with Crippen molar-refractivity contribution >= 4 is 18.7 Å². The van der Waals surface area contributed by atoms with Gasteiger partial charge in [0.25, 0.3) is 5.91 Å². The van der Waals surface area contributed by atoms with Gasteiger partial charge in [-0.25, -0.2) is 0 Å². The normalized spacial score (nSPS) is 18.3. The monoisotopic (exact) mass is 360 g/mol. The van der Waals surface area contributed by atoms with Crippen LogP contribution in [0.25, 0.3) is 0 Å². The van der Waals surface area contributed by atoms with Gasteiger partial charge < -0.3 is 20.2 Å². The largest absolute Gasteiger partial charge is 0.475 e. The van der Waals surface area contributed by atoms with Crippen LogP contribution in [-0.2, 0) is 15.0 Å². The summed E-state index contributed by atoms with van der Waals surface area (Å²) in [5, 5.41) is 25.7. The summed E-state index contributed by atoms with van der Waals surface area (Å²) >= 11 is 0. The second kappa shape index (κ2) is 8.23. The molecule has 1 aliphatic rings. The average Bonchev–Trinajstić information content (AvgIpc) is 3.03. The molecule has 0 aromatic heterocycles. The number of oxime groups is 1. The molecule has 0 fully saturated rings. The topological polar surface area (TPSA) is 91.2 Å². The molecule has 1 heterocycles. The van der Waals surface area contributed by atoms with E-state index in [2.05, 4.69) is 43.4 Å². The van der Waals surface area contributed by atoms with Crippen LogP contribution in [0.1, 0.15) is 58.6 Å². The highest BCUT2D eigenvalue weighted by atomic mass is 16.6. The molecule has 7 heteroatoms. The first kappa shape index (κ1) is 20.5. The number of rotatable bonds is 6. The maximum absolute atomic E-state index is 12.4. The molecule has 0 radical (unpaired) electrons. The lowest BCUT2D eigenvalue weighted by atomic mass is 9.75. The second-order valence-electron chi connectivity index (χ2n) is 8.33. The van der Waals surface area contributed by atoms with Crippen molar-refractivity contribution in [3.05, 3.63) is 35.4 Å². The molecule has 1 aromatic rings. The molecular formula is C19H29BN2O4. The third-order valence-corrected chi connectivity index (χ3v) is 4.44. The SMILES string of the molecule is CC(C)C[C@H](NC(=O)C1CC(c2cccc(C(C)(C)C)c2)=NO1)B(O)O. The molecule has 1 aromatic carbocycles. The van der Waals surface area contributed by atoms with E-state index in [4.69, 9.17) is 4.84 Å². The average molecular weight is 360 g/mol. The molecule has 142 valence electrons. The molecule has 3 N–H and O–H groups in total. The summed E-state index contributed by atoms with van der Waals surface area (Å²) in [6, 6.07) is 8.08. The molecule has 0 saturated heterocycles. The second-order valence-corrected chi connectivity index (χ2v) is 8.33. The Balaban J connectivity index is 2.02. The molecule has 2 rings (SSSR count). The van der Waals surface area contributed by atoms with E-state index in [1.54, 1.807) is 0 Å². The number of hydrogen-bond donors (Lipinski definition) is 3. The number of benzene rings is 1. The zero-order chi connectivity index (χ0) is 19.5. The van der Waals surface area contributed by atoms with Crippen LogP contribution in [0, 0.1) is 5.92 Å². The molecule has 0 aliphatic carbocycles. The predicted molar refractivity (Wildman–Crippen MR) is 103 cm³/mol. The minimum absolute atomic E-state index is 0.0220. The highest BCUT2D eigenvalue weighted by Crippen LogP contribution is 2.25. The molecule has 0 spiro atoms. The summed E-state index contributed by atoms with van der Waals surface area (Å²) in [4.78, 5) is 17.7. The van der Waals surface area contributed by atoms with E-state index in [0.29, 0.717) is 12.8 Å². The van der Waals surface area contributed by atoms with Gasteiger partial charge >= 0.3 is 7.12 Å². The Bertz CT molecular complexity index is 668. The fraction of sp³-hybridized carbons (Fsp3) is 0.579. The van der Waals surface area contributed by atoms with E-state index in [0.717, 1.165) is 11.3 Å². The van der Waals surface area contributed by atoms with Gasteiger partial charge in [-0.15, -0.1) is 0 Å². The van der Waals surface area contributed by atoms with Crippen LogP contribution in [0.5, 0.6) is 0 Å². The van der Waals surface area contributed by atoms with E-state index >= 15 is 0 Å². The van der Waals surface area contributed by atoms with Crippen molar-refractivity contribution in [1.82, 2.24) is 5.32 Å². The van der Waals surface area contributed by atoms with Gasteiger partial charge in [-0.1, -0.05) is 58.0 Å². The number of nitrogens with zero attached hydrogens (tertiary/aromatic N) is 1. The van der Waals surface area contributed by atoms with Gasteiger partial charge in [0, 0.05) is 6.42 Å². The Morgan fingerprint density at radius 3 is 2.65 bits per heavy atom. The zero-order valence-electron chi connectivity index (χ0n) is 16.2. The van der Waals surface area contributed by atoms with Crippen molar-refractivity contribution in [2.45, 2.75) is 64.9 Å². The van der Waals surface area contributed by atoms with Crippen LogP contribution in [0.4, 0.5) is 0 Å². The number of amides is 1.